The van der Waals surface area contributed by atoms with Crippen molar-refractivity contribution in [1.82, 2.24) is 24.8 Å². The Morgan fingerprint density at radius 2 is 1.85 bits per heavy atom. The fourth-order valence-electron chi connectivity index (χ4n) is 4.37. The molecule has 0 radical (unpaired) electrons. The van der Waals surface area contributed by atoms with Crippen LogP contribution >= 0.6 is 0 Å². The Hall–Kier alpha value is -3.36. The first-order valence-electron chi connectivity index (χ1n) is 11.7. The van der Waals surface area contributed by atoms with Crippen LogP contribution in [0.15, 0.2) is 42.7 Å². The van der Waals surface area contributed by atoms with Crippen LogP contribution in [0.2, 0.25) is 0 Å². The Bertz CT molecular complexity index is 1280. The zero-order chi connectivity index (χ0) is 23.5. The van der Waals surface area contributed by atoms with E-state index in [0.29, 0.717) is 24.0 Å². The van der Waals surface area contributed by atoms with Gasteiger partial charge in [-0.15, -0.1) is 0 Å². The largest absolute Gasteiger partial charge is 0.493 e. The summed E-state index contributed by atoms with van der Waals surface area (Å²) < 4.78 is 17.9. The van der Waals surface area contributed by atoms with Gasteiger partial charge in [0.25, 0.3) is 0 Å². The lowest BCUT2D eigenvalue weighted by molar-refractivity contribution is 0.145. The van der Waals surface area contributed by atoms with Crippen molar-refractivity contribution >= 4 is 21.8 Å². The van der Waals surface area contributed by atoms with E-state index >= 15 is 0 Å². The molecule has 3 heterocycles. The second-order valence-electron chi connectivity index (χ2n) is 8.85. The molecule has 1 N–H and O–H groups in total. The van der Waals surface area contributed by atoms with E-state index < -0.39 is 0 Å². The number of aromatic nitrogens is 3. The number of nitrogens with zero attached hydrogens (tertiary/aromatic N) is 4. The molecule has 0 bridgehead atoms. The van der Waals surface area contributed by atoms with Crippen LogP contribution in [-0.4, -0.2) is 78.2 Å². The van der Waals surface area contributed by atoms with Crippen molar-refractivity contribution in [2.24, 2.45) is 0 Å². The van der Waals surface area contributed by atoms with E-state index in [1.165, 1.54) is 6.33 Å². The number of benzene rings is 2. The van der Waals surface area contributed by atoms with E-state index in [1.807, 2.05) is 37.3 Å². The van der Waals surface area contributed by atoms with E-state index in [2.05, 4.69) is 37.9 Å². The number of piperazine rings is 1. The molecule has 0 saturated carbocycles. The van der Waals surface area contributed by atoms with E-state index in [-0.39, 0.29) is 0 Å². The molecule has 1 fully saturated rings. The van der Waals surface area contributed by atoms with Gasteiger partial charge in [-0.25, -0.2) is 9.97 Å². The number of fused-ring (bicyclic) bond motifs is 2. The van der Waals surface area contributed by atoms with Gasteiger partial charge in [0.1, 0.15) is 12.1 Å². The zero-order valence-electron chi connectivity index (χ0n) is 20.0. The van der Waals surface area contributed by atoms with Crippen LogP contribution in [0.3, 0.4) is 0 Å². The highest BCUT2D eigenvalue weighted by Gasteiger charge is 2.15. The Morgan fingerprint density at radius 3 is 2.68 bits per heavy atom. The molecule has 0 amide bonds. The summed E-state index contributed by atoms with van der Waals surface area (Å²) in [5.74, 6) is 2.52. The van der Waals surface area contributed by atoms with Gasteiger partial charge in [-0.3, -0.25) is 0 Å². The molecule has 0 spiro atoms. The van der Waals surface area contributed by atoms with Crippen molar-refractivity contribution in [3.05, 3.63) is 48.4 Å². The van der Waals surface area contributed by atoms with E-state index in [4.69, 9.17) is 14.2 Å². The van der Waals surface area contributed by atoms with Crippen molar-refractivity contribution < 1.29 is 14.2 Å². The minimum Gasteiger partial charge on any atom is -0.493 e. The Balaban J connectivity index is 1.30. The molecule has 4 aromatic rings. The average Bonchev–Trinajstić information content (AvgIpc) is 3.22. The number of likely N-dealkylation sites (N-methyl/N-ethyl adjacent to an activating group) is 1. The predicted molar refractivity (Wildman–Crippen MR) is 133 cm³/mol. The molecule has 178 valence electrons. The third-order valence-corrected chi connectivity index (χ3v) is 6.30. The second kappa shape index (κ2) is 9.87. The molecule has 5 rings (SSSR count). The topological polar surface area (TPSA) is 75.7 Å². The lowest BCUT2D eigenvalue weighted by Gasteiger charge is -2.32. The molecule has 1 aliphatic heterocycles. The third kappa shape index (κ3) is 4.93. The van der Waals surface area contributed by atoms with E-state index in [1.54, 1.807) is 7.11 Å². The molecule has 34 heavy (non-hydrogen) atoms. The van der Waals surface area contributed by atoms with Crippen molar-refractivity contribution in [3.8, 4) is 23.1 Å². The van der Waals surface area contributed by atoms with Gasteiger partial charge in [-0.1, -0.05) is 0 Å². The Morgan fingerprint density at radius 1 is 1.00 bits per heavy atom. The van der Waals surface area contributed by atoms with Gasteiger partial charge in [-0.2, -0.15) is 0 Å². The van der Waals surface area contributed by atoms with Gasteiger partial charge in [0.15, 0.2) is 11.5 Å². The summed E-state index contributed by atoms with van der Waals surface area (Å²) in [5.41, 5.74) is 2.94. The maximum absolute atomic E-state index is 6.15. The minimum atomic E-state index is 0.483. The maximum atomic E-state index is 6.15. The highest BCUT2D eigenvalue weighted by molar-refractivity contribution is 5.87. The standard InChI is InChI=1S/C26H31N5O3/c1-18-13-19-14-20(5-6-22(19)29-18)34-26-21-15-24(32-3)25(16-23(21)27-17-28-26)33-12-4-7-31-10-8-30(2)9-11-31/h5-6,13-17,29H,4,7-12H2,1-3H3. The molecule has 0 unspecified atom stereocenters. The molecule has 8 nitrogen and oxygen atoms in total. The Labute approximate surface area is 199 Å². The van der Waals surface area contributed by atoms with Gasteiger partial charge < -0.3 is 29.0 Å². The van der Waals surface area contributed by atoms with Crippen LogP contribution in [0.5, 0.6) is 23.1 Å². The maximum Gasteiger partial charge on any atom is 0.230 e. The number of aromatic amines is 1. The van der Waals surface area contributed by atoms with Gasteiger partial charge in [0.05, 0.1) is 24.6 Å². The summed E-state index contributed by atoms with van der Waals surface area (Å²) in [6.07, 6.45) is 2.48. The fourth-order valence-corrected chi connectivity index (χ4v) is 4.37. The monoisotopic (exact) mass is 461 g/mol. The number of hydrogen-bond acceptors (Lipinski definition) is 7. The lowest BCUT2D eigenvalue weighted by Crippen LogP contribution is -2.44. The summed E-state index contributed by atoms with van der Waals surface area (Å²) in [6, 6.07) is 11.8. The number of H-pyrrole nitrogens is 1. The SMILES string of the molecule is COc1cc2c(Oc3ccc4[nH]c(C)cc4c3)ncnc2cc1OCCCN1CCN(C)CC1. The van der Waals surface area contributed by atoms with Crippen molar-refractivity contribution in [2.45, 2.75) is 13.3 Å². The van der Waals surface area contributed by atoms with Crippen LogP contribution in [0, 0.1) is 6.92 Å². The quantitative estimate of drug-likeness (QED) is 0.394. The highest BCUT2D eigenvalue weighted by Crippen LogP contribution is 2.36. The van der Waals surface area contributed by atoms with Crippen LogP contribution in [0.25, 0.3) is 21.8 Å². The summed E-state index contributed by atoms with van der Waals surface area (Å²) in [4.78, 5) is 17.0. The third-order valence-electron chi connectivity index (χ3n) is 6.30. The molecule has 2 aromatic heterocycles. The number of aryl methyl sites for hydroxylation is 1. The number of nitrogens with one attached hydrogen (secondary N) is 1. The van der Waals surface area contributed by atoms with Gasteiger partial charge >= 0.3 is 0 Å². The van der Waals surface area contributed by atoms with Crippen molar-refractivity contribution in [3.63, 3.8) is 0 Å². The first-order chi connectivity index (χ1) is 16.6. The molecule has 1 saturated heterocycles. The average molecular weight is 462 g/mol. The first kappa shape index (κ1) is 22.4. The predicted octanol–water partition coefficient (Wildman–Crippen LogP) is 4.24. The number of hydrogen-bond donors (Lipinski definition) is 1. The van der Waals surface area contributed by atoms with Gasteiger partial charge in [-0.05, 0) is 50.7 Å². The minimum absolute atomic E-state index is 0.483. The summed E-state index contributed by atoms with van der Waals surface area (Å²) >= 11 is 0. The number of ether oxygens (including phenoxy) is 3. The van der Waals surface area contributed by atoms with Crippen LogP contribution < -0.4 is 14.2 Å². The van der Waals surface area contributed by atoms with Gasteiger partial charge in [0, 0.05) is 55.4 Å². The van der Waals surface area contributed by atoms with Crippen LogP contribution in [0.4, 0.5) is 0 Å². The normalized spacial score (nSPS) is 15.1. The highest BCUT2D eigenvalue weighted by atomic mass is 16.5. The first-order valence-corrected chi connectivity index (χ1v) is 11.7. The van der Waals surface area contributed by atoms with Crippen LogP contribution in [-0.2, 0) is 0 Å². The molecular weight excluding hydrogens is 430 g/mol. The summed E-state index contributed by atoms with van der Waals surface area (Å²) in [6.45, 7) is 8.19. The molecular formula is C26H31N5O3. The van der Waals surface area contributed by atoms with Crippen LogP contribution in [0.1, 0.15) is 12.1 Å². The number of rotatable bonds is 8. The molecule has 2 aromatic carbocycles. The second-order valence-corrected chi connectivity index (χ2v) is 8.85. The lowest BCUT2D eigenvalue weighted by atomic mass is 10.2. The van der Waals surface area contributed by atoms with E-state index in [9.17, 15) is 0 Å². The summed E-state index contributed by atoms with van der Waals surface area (Å²) in [7, 11) is 3.82. The molecule has 1 aliphatic rings. The van der Waals surface area contributed by atoms with Crippen molar-refractivity contribution in [1.29, 1.82) is 0 Å². The molecule has 0 atom stereocenters. The van der Waals surface area contributed by atoms with E-state index in [0.717, 1.165) is 72.4 Å². The molecule has 8 heteroatoms. The smallest absolute Gasteiger partial charge is 0.230 e. The zero-order valence-corrected chi connectivity index (χ0v) is 20.0. The number of methoxy groups -OCH3 is 1. The van der Waals surface area contributed by atoms with Crippen molar-refractivity contribution in [2.75, 3.05) is 53.5 Å². The Kier molecular flexibility index (Phi) is 6.51. The summed E-state index contributed by atoms with van der Waals surface area (Å²) in [5, 5.41) is 1.87. The fraction of sp³-hybridized carbons (Fsp3) is 0.385. The molecule has 0 aliphatic carbocycles. The van der Waals surface area contributed by atoms with Gasteiger partial charge in [0.2, 0.25) is 5.88 Å².